The maximum Gasteiger partial charge on any atom is 0.312 e. The molecule has 8 heteroatoms. The molecule has 0 aliphatic carbocycles. The van der Waals surface area contributed by atoms with Crippen LogP contribution in [0.25, 0.3) is 6.08 Å². The molecule has 0 radical (unpaired) electrons. The molecule has 0 amide bonds. The fourth-order valence-electron chi connectivity index (χ4n) is 2.90. The summed E-state index contributed by atoms with van der Waals surface area (Å²) in [4.78, 5) is 23.6. The summed E-state index contributed by atoms with van der Waals surface area (Å²) in [6, 6.07) is 16.0. The van der Waals surface area contributed by atoms with Crippen molar-refractivity contribution in [3.8, 4) is 28.7 Å². The third-order valence-electron chi connectivity index (χ3n) is 4.57. The van der Waals surface area contributed by atoms with Crippen molar-refractivity contribution in [3.63, 3.8) is 0 Å². The van der Waals surface area contributed by atoms with Crippen LogP contribution in [0.5, 0.6) is 28.7 Å². The second-order valence-electron chi connectivity index (χ2n) is 6.53. The topological polar surface area (TPSA) is 97.1 Å². The van der Waals surface area contributed by atoms with Crippen LogP contribution in [0.2, 0.25) is 0 Å². The summed E-state index contributed by atoms with van der Waals surface area (Å²) in [7, 11) is 4.52. The van der Waals surface area contributed by atoms with E-state index in [1.807, 2.05) is 0 Å². The Kier molecular flexibility index (Phi) is 7.07. The van der Waals surface area contributed by atoms with Gasteiger partial charge in [-0.2, -0.15) is 0 Å². The lowest BCUT2D eigenvalue weighted by Gasteiger charge is -2.08. The smallest absolute Gasteiger partial charge is 0.312 e. The fraction of sp³-hybridized carbons (Fsp3) is 0.125. The third kappa shape index (κ3) is 5.23. The summed E-state index contributed by atoms with van der Waals surface area (Å²) >= 11 is 0. The van der Waals surface area contributed by atoms with Crippen LogP contribution in [-0.2, 0) is 0 Å². The van der Waals surface area contributed by atoms with E-state index in [0.29, 0.717) is 34.1 Å². The first-order chi connectivity index (χ1) is 15.4. The molecule has 164 valence electrons. The lowest BCUT2D eigenvalue weighted by Crippen LogP contribution is -1.99. The van der Waals surface area contributed by atoms with Crippen LogP contribution in [-0.4, -0.2) is 32.0 Å². The van der Waals surface area contributed by atoms with Crippen molar-refractivity contribution in [1.29, 1.82) is 0 Å². The van der Waals surface area contributed by atoms with Gasteiger partial charge in [-0.05, 0) is 54.1 Å². The van der Waals surface area contributed by atoms with Gasteiger partial charge in [-0.3, -0.25) is 14.9 Å². The molecule has 32 heavy (non-hydrogen) atoms. The van der Waals surface area contributed by atoms with Gasteiger partial charge in [0.05, 0.1) is 31.8 Å². The quantitative estimate of drug-likeness (QED) is 0.194. The van der Waals surface area contributed by atoms with E-state index < -0.39 is 4.92 Å². The molecule has 3 rings (SSSR count). The number of carbonyl (C=O) groups is 1. The van der Waals surface area contributed by atoms with Crippen molar-refractivity contribution in [1.82, 2.24) is 0 Å². The Balaban J connectivity index is 1.82. The van der Waals surface area contributed by atoms with Gasteiger partial charge < -0.3 is 18.9 Å². The standard InChI is InChI=1S/C24H21NO7/c1-29-17-6-8-18(9-7-17)32-23-13-5-16(14-21(23)25(27)28)4-12-22(26)20-11-10-19(30-2)15-24(20)31-3/h4-15H,1-3H3. The van der Waals surface area contributed by atoms with Gasteiger partial charge in [-0.1, -0.05) is 12.1 Å². The molecule has 0 aliphatic heterocycles. The summed E-state index contributed by atoms with van der Waals surface area (Å²) in [5.74, 6) is 1.77. The van der Waals surface area contributed by atoms with E-state index in [-0.39, 0.29) is 17.2 Å². The number of hydrogen-bond donors (Lipinski definition) is 0. The van der Waals surface area contributed by atoms with Gasteiger partial charge in [0.15, 0.2) is 5.78 Å². The SMILES string of the molecule is COc1ccc(Oc2ccc(C=CC(=O)c3ccc(OC)cc3OC)cc2[N+](=O)[O-])cc1. The van der Waals surface area contributed by atoms with E-state index in [2.05, 4.69) is 0 Å². The number of allylic oxidation sites excluding steroid dienone is 1. The second-order valence-corrected chi connectivity index (χ2v) is 6.53. The first-order valence-electron chi connectivity index (χ1n) is 9.50. The Labute approximate surface area is 184 Å². The zero-order valence-electron chi connectivity index (χ0n) is 17.7. The number of rotatable bonds is 9. The lowest BCUT2D eigenvalue weighted by molar-refractivity contribution is -0.385. The minimum absolute atomic E-state index is 0.0838. The van der Waals surface area contributed by atoms with Gasteiger partial charge in [0.2, 0.25) is 5.75 Å². The molecule has 0 saturated heterocycles. The average Bonchev–Trinajstić information content (AvgIpc) is 2.83. The number of carbonyl (C=O) groups excluding carboxylic acids is 1. The monoisotopic (exact) mass is 435 g/mol. The minimum Gasteiger partial charge on any atom is -0.497 e. The highest BCUT2D eigenvalue weighted by Crippen LogP contribution is 2.33. The largest absolute Gasteiger partial charge is 0.497 e. The van der Waals surface area contributed by atoms with Crippen molar-refractivity contribution in [3.05, 3.63) is 88.0 Å². The van der Waals surface area contributed by atoms with Crippen LogP contribution in [0, 0.1) is 10.1 Å². The van der Waals surface area contributed by atoms with Crippen molar-refractivity contribution < 1.29 is 28.7 Å². The van der Waals surface area contributed by atoms with Crippen molar-refractivity contribution >= 4 is 17.5 Å². The number of nitro benzene ring substituents is 1. The van der Waals surface area contributed by atoms with E-state index in [1.165, 1.54) is 38.5 Å². The lowest BCUT2D eigenvalue weighted by atomic mass is 10.1. The average molecular weight is 435 g/mol. The van der Waals surface area contributed by atoms with E-state index in [9.17, 15) is 14.9 Å². The fourth-order valence-corrected chi connectivity index (χ4v) is 2.90. The summed E-state index contributed by atoms with van der Waals surface area (Å²) < 4.78 is 21.1. The summed E-state index contributed by atoms with van der Waals surface area (Å²) in [6.45, 7) is 0. The highest BCUT2D eigenvalue weighted by Gasteiger charge is 2.17. The van der Waals surface area contributed by atoms with E-state index in [1.54, 1.807) is 55.6 Å². The molecule has 0 saturated carbocycles. The first-order valence-corrected chi connectivity index (χ1v) is 9.50. The molecule has 3 aromatic carbocycles. The Morgan fingerprint density at radius 2 is 1.47 bits per heavy atom. The van der Waals surface area contributed by atoms with Gasteiger partial charge in [0.1, 0.15) is 23.0 Å². The number of ether oxygens (including phenoxy) is 4. The normalized spacial score (nSPS) is 10.6. The molecule has 0 bridgehead atoms. The molecule has 8 nitrogen and oxygen atoms in total. The molecule has 0 N–H and O–H groups in total. The molecule has 0 aromatic heterocycles. The molecule has 3 aromatic rings. The summed E-state index contributed by atoms with van der Waals surface area (Å²) in [6.07, 6.45) is 2.82. The van der Waals surface area contributed by atoms with Gasteiger partial charge in [-0.25, -0.2) is 0 Å². The molecule has 0 spiro atoms. The molecule has 0 atom stereocenters. The maximum absolute atomic E-state index is 12.6. The van der Waals surface area contributed by atoms with Crippen molar-refractivity contribution in [2.75, 3.05) is 21.3 Å². The first kappa shape index (κ1) is 22.4. The van der Waals surface area contributed by atoms with Gasteiger partial charge in [-0.15, -0.1) is 0 Å². The molecular weight excluding hydrogens is 414 g/mol. The van der Waals surface area contributed by atoms with Crippen molar-refractivity contribution in [2.24, 2.45) is 0 Å². The van der Waals surface area contributed by atoms with Crippen molar-refractivity contribution in [2.45, 2.75) is 0 Å². The number of nitrogens with zero attached hydrogens (tertiary/aromatic N) is 1. The van der Waals surface area contributed by atoms with E-state index in [0.717, 1.165) is 0 Å². The molecule has 0 unspecified atom stereocenters. The van der Waals surface area contributed by atoms with Crippen LogP contribution in [0.4, 0.5) is 5.69 Å². The molecular formula is C24H21NO7. The second kappa shape index (κ2) is 10.1. The zero-order chi connectivity index (χ0) is 23.1. The third-order valence-corrected chi connectivity index (χ3v) is 4.57. The Morgan fingerprint density at radius 3 is 2.09 bits per heavy atom. The van der Waals surface area contributed by atoms with Crippen LogP contribution in [0.3, 0.4) is 0 Å². The maximum atomic E-state index is 12.6. The summed E-state index contributed by atoms with van der Waals surface area (Å²) in [5, 5.41) is 11.6. The molecule has 0 fully saturated rings. The number of benzene rings is 3. The van der Waals surface area contributed by atoms with Gasteiger partial charge in [0.25, 0.3) is 0 Å². The highest BCUT2D eigenvalue weighted by atomic mass is 16.6. The van der Waals surface area contributed by atoms with Crippen LogP contribution >= 0.6 is 0 Å². The Bertz CT molecular complexity index is 1150. The zero-order valence-corrected chi connectivity index (χ0v) is 17.7. The predicted molar refractivity (Wildman–Crippen MR) is 119 cm³/mol. The van der Waals surface area contributed by atoms with Crippen LogP contribution in [0.1, 0.15) is 15.9 Å². The van der Waals surface area contributed by atoms with E-state index in [4.69, 9.17) is 18.9 Å². The van der Waals surface area contributed by atoms with E-state index >= 15 is 0 Å². The summed E-state index contributed by atoms with van der Waals surface area (Å²) in [5.41, 5.74) is 0.593. The van der Waals surface area contributed by atoms with Crippen LogP contribution in [0.15, 0.2) is 66.7 Å². The molecule has 0 heterocycles. The highest BCUT2D eigenvalue weighted by molar-refractivity contribution is 6.08. The number of ketones is 1. The predicted octanol–water partition coefficient (Wildman–Crippen LogP) is 5.31. The minimum atomic E-state index is -0.537. The Morgan fingerprint density at radius 1 is 0.812 bits per heavy atom. The number of hydrogen-bond acceptors (Lipinski definition) is 7. The number of methoxy groups -OCH3 is 3. The number of nitro groups is 1. The van der Waals surface area contributed by atoms with Gasteiger partial charge >= 0.3 is 5.69 Å². The Hall–Kier alpha value is -4.33. The molecule has 0 aliphatic rings. The van der Waals surface area contributed by atoms with Crippen LogP contribution < -0.4 is 18.9 Å². The van der Waals surface area contributed by atoms with Gasteiger partial charge in [0, 0.05) is 12.1 Å².